The molecule has 2 saturated heterocycles. The van der Waals surface area contributed by atoms with Crippen molar-refractivity contribution in [2.45, 2.75) is 50.1 Å². The van der Waals surface area contributed by atoms with Gasteiger partial charge >= 0.3 is 6.09 Å². The number of amides is 2. The first-order chi connectivity index (χ1) is 16.5. The highest BCUT2D eigenvalue weighted by Gasteiger charge is 2.49. The minimum Gasteiger partial charge on any atom is -0.444 e. The summed E-state index contributed by atoms with van der Waals surface area (Å²) < 4.78 is 29.9. The van der Waals surface area contributed by atoms with E-state index >= 15 is 0 Å². The van der Waals surface area contributed by atoms with Crippen LogP contribution in [0.1, 0.15) is 26.3 Å². The number of hydrogen-bond donors (Lipinski definition) is 1. The lowest BCUT2D eigenvalue weighted by molar-refractivity contribution is -0.119. The molecule has 35 heavy (non-hydrogen) atoms. The molecule has 0 aliphatic carbocycles. The van der Waals surface area contributed by atoms with Gasteiger partial charge in [0, 0.05) is 17.4 Å². The van der Waals surface area contributed by atoms with Crippen LogP contribution < -0.4 is 10.2 Å². The Kier molecular flexibility index (Phi) is 7.23. The first-order valence-electron chi connectivity index (χ1n) is 11.4. The summed E-state index contributed by atoms with van der Waals surface area (Å²) in [6, 6.07) is 17.4. The van der Waals surface area contributed by atoms with Crippen LogP contribution in [0.3, 0.4) is 0 Å². The van der Waals surface area contributed by atoms with Gasteiger partial charge in [-0.15, -0.1) is 0 Å². The minimum atomic E-state index is -3.16. The summed E-state index contributed by atoms with van der Waals surface area (Å²) in [5.74, 6) is -0.468. The van der Waals surface area contributed by atoms with E-state index in [4.69, 9.17) is 4.74 Å². The van der Waals surface area contributed by atoms with E-state index in [0.717, 1.165) is 11.3 Å². The summed E-state index contributed by atoms with van der Waals surface area (Å²) in [7, 11) is -3.16. The molecule has 8 nitrogen and oxygen atoms in total. The number of nitrogens with one attached hydrogen (secondary N) is 1. The molecule has 4 rings (SSSR count). The Balaban J connectivity index is 1.63. The SMILES string of the molecule is CC(C)(C)OC(=O)N[C@H](Cc1ccccc1)C(=O)N=C1S[C@H]2CS(=O)(=O)C[C@H]2N1c1ccccc1. The molecule has 2 aliphatic rings. The molecule has 1 N–H and O–H groups in total. The molecule has 3 atom stereocenters. The summed E-state index contributed by atoms with van der Waals surface area (Å²) in [5, 5.41) is 2.90. The average Bonchev–Trinajstić information content (AvgIpc) is 3.23. The Morgan fingerprint density at radius 3 is 2.34 bits per heavy atom. The number of benzene rings is 2. The van der Waals surface area contributed by atoms with Gasteiger partial charge in [0.1, 0.15) is 11.6 Å². The van der Waals surface area contributed by atoms with Crippen LogP contribution in [0.15, 0.2) is 65.7 Å². The summed E-state index contributed by atoms with van der Waals surface area (Å²) in [6.45, 7) is 5.25. The molecule has 2 fully saturated rings. The highest BCUT2D eigenvalue weighted by atomic mass is 32.2. The second-order valence-corrected chi connectivity index (χ2v) is 13.0. The molecule has 0 unspecified atom stereocenters. The molecule has 2 heterocycles. The van der Waals surface area contributed by atoms with Crippen molar-refractivity contribution in [3.63, 3.8) is 0 Å². The zero-order valence-electron chi connectivity index (χ0n) is 19.9. The fourth-order valence-electron chi connectivity index (χ4n) is 4.13. The van der Waals surface area contributed by atoms with Gasteiger partial charge in [-0.25, -0.2) is 13.2 Å². The molecular weight excluding hydrogens is 486 g/mol. The summed E-state index contributed by atoms with van der Waals surface area (Å²) in [4.78, 5) is 32.2. The van der Waals surface area contributed by atoms with Crippen LogP contribution in [0.2, 0.25) is 0 Å². The average molecular weight is 516 g/mol. The molecule has 10 heteroatoms. The van der Waals surface area contributed by atoms with Crippen molar-refractivity contribution >= 4 is 44.5 Å². The van der Waals surface area contributed by atoms with Gasteiger partial charge in [0.25, 0.3) is 5.91 Å². The van der Waals surface area contributed by atoms with Crippen LogP contribution in [0.4, 0.5) is 10.5 Å². The number of fused-ring (bicyclic) bond motifs is 1. The van der Waals surface area contributed by atoms with E-state index in [1.165, 1.54) is 11.8 Å². The summed E-state index contributed by atoms with van der Waals surface area (Å²) in [5.41, 5.74) is 0.921. The summed E-state index contributed by atoms with van der Waals surface area (Å²) in [6.07, 6.45) is -0.457. The molecule has 2 aromatic carbocycles. The van der Waals surface area contributed by atoms with Gasteiger partial charge in [-0.05, 0) is 38.5 Å². The number of hydrogen-bond acceptors (Lipinski definition) is 6. The number of nitrogens with zero attached hydrogens (tertiary/aromatic N) is 2. The van der Waals surface area contributed by atoms with E-state index in [1.807, 2.05) is 65.6 Å². The van der Waals surface area contributed by atoms with Gasteiger partial charge in [0.15, 0.2) is 15.0 Å². The Morgan fingerprint density at radius 1 is 1.09 bits per heavy atom. The fourth-order valence-corrected chi connectivity index (χ4v) is 8.05. The Morgan fingerprint density at radius 2 is 1.71 bits per heavy atom. The van der Waals surface area contributed by atoms with Crippen molar-refractivity contribution in [3.8, 4) is 0 Å². The molecule has 2 aromatic rings. The van der Waals surface area contributed by atoms with Crippen molar-refractivity contribution in [3.05, 3.63) is 66.2 Å². The number of sulfone groups is 1. The summed E-state index contributed by atoms with van der Waals surface area (Å²) >= 11 is 1.30. The van der Waals surface area contributed by atoms with E-state index < -0.39 is 33.5 Å². The van der Waals surface area contributed by atoms with Crippen molar-refractivity contribution < 1.29 is 22.7 Å². The van der Waals surface area contributed by atoms with Gasteiger partial charge in [-0.2, -0.15) is 4.99 Å². The van der Waals surface area contributed by atoms with Crippen LogP contribution >= 0.6 is 11.8 Å². The maximum atomic E-state index is 13.4. The lowest BCUT2D eigenvalue weighted by Crippen LogP contribution is -2.45. The topological polar surface area (TPSA) is 105 Å². The second-order valence-electron chi connectivity index (χ2n) is 9.63. The number of thioether (sulfide) groups is 1. The third-order valence-electron chi connectivity index (χ3n) is 5.58. The lowest BCUT2D eigenvalue weighted by Gasteiger charge is -2.25. The van der Waals surface area contributed by atoms with Gasteiger partial charge in [0.05, 0.1) is 17.5 Å². The number of aliphatic imine (C=N–C) groups is 1. The molecular formula is C25H29N3O5S2. The number of alkyl carbamates (subject to hydrolysis) is 1. The smallest absolute Gasteiger partial charge is 0.408 e. The van der Waals surface area contributed by atoms with E-state index in [9.17, 15) is 18.0 Å². The largest absolute Gasteiger partial charge is 0.444 e. The number of para-hydroxylation sites is 1. The number of anilines is 1. The predicted octanol–water partition coefficient (Wildman–Crippen LogP) is 3.42. The second kappa shape index (κ2) is 10.0. The quantitative estimate of drug-likeness (QED) is 0.650. The van der Waals surface area contributed by atoms with Crippen molar-refractivity contribution in [1.29, 1.82) is 0 Å². The van der Waals surface area contributed by atoms with Gasteiger partial charge in [0.2, 0.25) is 0 Å². The highest BCUT2D eigenvalue weighted by molar-refractivity contribution is 8.16. The molecule has 2 amide bonds. The van der Waals surface area contributed by atoms with Crippen molar-refractivity contribution in [2.24, 2.45) is 4.99 Å². The van der Waals surface area contributed by atoms with Crippen LogP contribution in [0.25, 0.3) is 0 Å². The third-order valence-corrected chi connectivity index (χ3v) is 8.79. The first kappa shape index (κ1) is 25.2. The van der Waals surface area contributed by atoms with Gasteiger partial charge in [-0.1, -0.05) is 60.3 Å². The monoisotopic (exact) mass is 515 g/mol. The normalized spacial score (nSPS) is 23.1. The molecule has 0 spiro atoms. The standard InChI is InChI=1S/C25H29N3O5S2/c1-25(2,3)33-24(30)26-19(14-17-10-6-4-7-11-17)22(29)27-23-28(18-12-8-5-9-13-18)20-15-35(31,32)16-21(20)34-23/h4-13,19-21H,14-16H2,1-3H3,(H,26,30)/t19-,20-,21+/m1/s1. The van der Waals surface area contributed by atoms with Gasteiger partial charge < -0.3 is 15.0 Å². The van der Waals surface area contributed by atoms with Crippen LogP contribution in [-0.2, 0) is 25.8 Å². The Hall–Kier alpha value is -2.85. The zero-order valence-corrected chi connectivity index (χ0v) is 21.5. The highest BCUT2D eigenvalue weighted by Crippen LogP contribution is 2.40. The maximum absolute atomic E-state index is 13.4. The minimum absolute atomic E-state index is 0.0103. The maximum Gasteiger partial charge on any atom is 0.408 e. The first-order valence-corrected chi connectivity index (χ1v) is 14.1. The van der Waals surface area contributed by atoms with Crippen LogP contribution in [0.5, 0.6) is 0 Å². The number of carbonyl (C=O) groups is 2. The molecule has 2 aliphatic heterocycles. The van der Waals surface area contributed by atoms with Gasteiger partial charge in [-0.3, -0.25) is 4.79 Å². The fraction of sp³-hybridized carbons (Fsp3) is 0.400. The van der Waals surface area contributed by atoms with Crippen LogP contribution in [-0.4, -0.2) is 60.0 Å². The van der Waals surface area contributed by atoms with Crippen molar-refractivity contribution in [2.75, 3.05) is 16.4 Å². The molecule has 0 saturated carbocycles. The molecule has 186 valence electrons. The van der Waals surface area contributed by atoms with E-state index in [2.05, 4.69) is 10.3 Å². The lowest BCUT2D eigenvalue weighted by atomic mass is 10.1. The molecule has 0 aromatic heterocycles. The Labute approximate surface area is 210 Å². The molecule has 0 radical (unpaired) electrons. The number of rotatable bonds is 5. The Bertz CT molecular complexity index is 1210. The van der Waals surface area contributed by atoms with Crippen LogP contribution in [0, 0.1) is 0 Å². The van der Waals surface area contributed by atoms with E-state index in [1.54, 1.807) is 20.8 Å². The number of amidine groups is 1. The van der Waals surface area contributed by atoms with Crippen molar-refractivity contribution in [1.82, 2.24) is 5.32 Å². The predicted molar refractivity (Wildman–Crippen MR) is 138 cm³/mol. The number of ether oxygens (including phenoxy) is 1. The van der Waals surface area contributed by atoms with E-state index in [0.29, 0.717) is 5.17 Å². The molecule has 0 bridgehead atoms. The third kappa shape index (κ3) is 6.43. The zero-order chi connectivity index (χ0) is 25.2. The number of carbonyl (C=O) groups excluding carboxylic acids is 2. The van der Waals surface area contributed by atoms with E-state index in [-0.39, 0.29) is 29.2 Å².